The summed E-state index contributed by atoms with van der Waals surface area (Å²) in [5.74, 6) is 2.38. The Morgan fingerprint density at radius 2 is 1.94 bits per heavy atom. The number of anilines is 1. The molecule has 0 radical (unpaired) electrons. The number of hydrogen-bond acceptors (Lipinski definition) is 6. The minimum Gasteiger partial charge on any atom is -0.367 e. The van der Waals surface area contributed by atoms with Gasteiger partial charge in [-0.1, -0.05) is 19.3 Å². The molecule has 0 amide bonds. The number of hydrogen-bond donors (Lipinski definition) is 1. The molecule has 1 aliphatic carbocycles. The van der Waals surface area contributed by atoms with Gasteiger partial charge in [-0.15, -0.1) is 11.3 Å². The molecule has 4 aromatic rings. The van der Waals surface area contributed by atoms with Crippen molar-refractivity contribution in [2.75, 3.05) is 5.32 Å². The highest BCUT2D eigenvalue weighted by Crippen LogP contribution is 2.41. The Bertz CT molecular complexity index is 1210. The lowest BCUT2D eigenvalue weighted by Crippen LogP contribution is -2.23. The van der Waals surface area contributed by atoms with Crippen molar-refractivity contribution in [1.82, 2.24) is 29.3 Å². The monoisotopic (exact) mass is 435 g/mol. The number of thiophene rings is 1. The van der Waals surface area contributed by atoms with Gasteiger partial charge in [0.25, 0.3) is 0 Å². The minimum atomic E-state index is 0.335. The molecule has 1 saturated carbocycles. The number of nitrogens with zero attached hydrogens (tertiary/aromatic N) is 6. The van der Waals surface area contributed by atoms with Crippen LogP contribution in [0.1, 0.15) is 57.6 Å². The summed E-state index contributed by atoms with van der Waals surface area (Å²) in [5.41, 5.74) is 2.19. The van der Waals surface area contributed by atoms with Gasteiger partial charge in [0, 0.05) is 37.7 Å². The van der Waals surface area contributed by atoms with Gasteiger partial charge in [-0.2, -0.15) is 5.10 Å². The normalized spacial score (nSPS) is 15.3. The molecule has 1 N–H and O–H groups in total. The fourth-order valence-corrected chi connectivity index (χ4v) is 5.50. The highest BCUT2D eigenvalue weighted by Gasteiger charge is 2.23. The van der Waals surface area contributed by atoms with Gasteiger partial charge in [-0.05, 0) is 45.2 Å². The summed E-state index contributed by atoms with van der Waals surface area (Å²) in [4.78, 5) is 16.5. The predicted octanol–water partition coefficient (Wildman–Crippen LogP) is 5.59. The number of rotatable bonds is 5. The Balaban J connectivity index is 1.65. The van der Waals surface area contributed by atoms with Crippen molar-refractivity contribution in [2.45, 2.75) is 65.0 Å². The largest absolute Gasteiger partial charge is 0.367 e. The predicted molar refractivity (Wildman–Crippen MR) is 126 cm³/mol. The molecule has 1 aliphatic rings. The lowest BCUT2D eigenvalue weighted by Gasteiger charge is -2.24. The third-order valence-electron chi connectivity index (χ3n) is 6.13. The quantitative estimate of drug-likeness (QED) is 0.442. The SMILES string of the molecule is Cc1c(-c2ccn(C(C)C)n2)sc2nc(-c3nccn3C)nc(NC3CCCCC3)c12. The molecule has 5 rings (SSSR count). The van der Waals surface area contributed by atoms with Gasteiger partial charge in [-0.25, -0.2) is 15.0 Å². The molecular formula is C23H29N7S. The molecule has 7 nitrogen and oxygen atoms in total. The lowest BCUT2D eigenvalue weighted by molar-refractivity contribution is 0.462. The Kier molecular flexibility index (Phi) is 5.25. The molecule has 4 heterocycles. The Hall–Kier alpha value is -2.74. The van der Waals surface area contributed by atoms with E-state index >= 15 is 0 Å². The summed E-state index contributed by atoms with van der Waals surface area (Å²) in [6.45, 7) is 6.45. The molecule has 1 fully saturated rings. The molecule has 0 atom stereocenters. The molecule has 0 saturated heterocycles. The molecule has 0 aliphatic heterocycles. The van der Waals surface area contributed by atoms with Gasteiger partial charge in [0.2, 0.25) is 0 Å². The standard InChI is InChI=1S/C23H29N7S/c1-14(2)30-12-10-17(28-30)19-15(3)18-20(25-16-8-6-5-7-9-16)26-21(27-23(18)31-19)22-24-11-13-29(22)4/h10-14,16H,5-9H2,1-4H3,(H,25,26,27). The molecule has 0 spiro atoms. The van der Waals surface area contributed by atoms with Gasteiger partial charge < -0.3 is 9.88 Å². The zero-order valence-electron chi connectivity index (χ0n) is 18.6. The van der Waals surface area contributed by atoms with Crippen LogP contribution in [0.25, 0.3) is 32.4 Å². The van der Waals surface area contributed by atoms with Crippen LogP contribution in [0, 0.1) is 6.92 Å². The maximum atomic E-state index is 4.98. The first-order valence-corrected chi connectivity index (χ1v) is 11.9. The fraction of sp³-hybridized carbons (Fsp3) is 0.478. The van der Waals surface area contributed by atoms with Crippen molar-refractivity contribution < 1.29 is 0 Å². The smallest absolute Gasteiger partial charge is 0.199 e. The topological polar surface area (TPSA) is 73.5 Å². The summed E-state index contributed by atoms with van der Waals surface area (Å²) in [6.07, 6.45) is 12.0. The van der Waals surface area contributed by atoms with Crippen LogP contribution in [-0.4, -0.2) is 35.3 Å². The zero-order chi connectivity index (χ0) is 21.5. The molecular weight excluding hydrogens is 406 g/mol. The molecule has 4 aromatic heterocycles. The summed E-state index contributed by atoms with van der Waals surface area (Å²) in [6, 6.07) is 2.89. The highest BCUT2D eigenvalue weighted by molar-refractivity contribution is 7.22. The van der Waals surface area contributed by atoms with E-state index in [-0.39, 0.29) is 0 Å². The Morgan fingerprint density at radius 3 is 2.61 bits per heavy atom. The van der Waals surface area contributed by atoms with Crippen molar-refractivity contribution in [3.63, 3.8) is 0 Å². The van der Waals surface area contributed by atoms with Crippen molar-refractivity contribution in [2.24, 2.45) is 7.05 Å². The van der Waals surface area contributed by atoms with E-state index in [9.17, 15) is 0 Å². The number of fused-ring (bicyclic) bond motifs is 1. The second-order valence-electron chi connectivity index (χ2n) is 8.75. The average Bonchev–Trinajstić information content (AvgIpc) is 3.47. The number of aryl methyl sites for hydroxylation is 2. The third-order valence-corrected chi connectivity index (χ3v) is 7.34. The van der Waals surface area contributed by atoms with Crippen molar-refractivity contribution in [1.29, 1.82) is 0 Å². The molecule has 0 aromatic carbocycles. The van der Waals surface area contributed by atoms with E-state index in [2.05, 4.69) is 43.3 Å². The molecule has 0 bridgehead atoms. The van der Waals surface area contributed by atoms with Crippen LogP contribution in [0.3, 0.4) is 0 Å². The van der Waals surface area contributed by atoms with Crippen molar-refractivity contribution in [3.8, 4) is 22.2 Å². The zero-order valence-corrected chi connectivity index (χ0v) is 19.4. The van der Waals surface area contributed by atoms with E-state index in [0.29, 0.717) is 17.9 Å². The van der Waals surface area contributed by atoms with Gasteiger partial charge in [0.15, 0.2) is 11.6 Å². The van der Waals surface area contributed by atoms with E-state index in [1.165, 1.54) is 37.7 Å². The summed E-state index contributed by atoms with van der Waals surface area (Å²) in [5, 5.41) is 9.69. The molecule has 162 valence electrons. The average molecular weight is 436 g/mol. The van der Waals surface area contributed by atoms with E-state index < -0.39 is 0 Å². The lowest BCUT2D eigenvalue weighted by atomic mass is 9.95. The van der Waals surface area contributed by atoms with Crippen molar-refractivity contribution >= 4 is 27.4 Å². The second-order valence-corrected chi connectivity index (χ2v) is 9.75. The first-order valence-electron chi connectivity index (χ1n) is 11.1. The van der Waals surface area contributed by atoms with Crippen molar-refractivity contribution in [3.05, 3.63) is 30.2 Å². The molecule has 0 unspecified atom stereocenters. The van der Waals surface area contributed by atoms with Gasteiger partial charge in [0.1, 0.15) is 16.3 Å². The second kappa shape index (κ2) is 8.07. The fourth-order valence-electron chi connectivity index (χ4n) is 4.36. The first-order chi connectivity index (χ1) is 15.0. The number of imidazole rings is 1. The maximum absolute atomic E-state index is 4.98. The van der Waals surface area contributed by atoms with Gasteiger partial charge >= 0.3 is 0 Å². The number of aromatic nitrogens is 6. The van der Waals surface area contributed by atoms with Crippen LogP contribution in [-0.2, 0) is 7.05 Å². The molecule has 31 heavy (non-hydrogen) atoms. The van der Waals surface area contributed by atoms with Crippen LogP contribution in [0.5, 0.6) is 0 Å². The van der Waals surface area contributed by atoms with E-state index in [1.54, 1.807) is 17.5 Å². The Morgan fingerprint density at radius 1 is 1.13 bits per heavy atom. The van der Waals surface area contributed by atoms with Gasteiger partial charge in [-0.3, -0.25) is 4.68 Å². The third kappa shape index (κ3) is 3.73. The summed E-state index contributed by atoms with van der Waals surface area (Å²) < 4.78 is 3.97. The first kappa shape index (κ1) is 20.2. The van der Waals surface area contributed by atoms with Crippen LogP contribution in [0.15, 0.2) is 24.7 Å². The minimum absolute atomic E-state index is 0.335. The maximum Gasteiger partial charge on any atom is 0.199 e. The van der Waals surface area contributed by atoms with Crippen LogP contribution in [0.4, 0.5) is 5.82 Å². The van der Waals surface area contributed by atoms with Crippen LogP contribution >= 0.6 is 11.3 Å². The summed E-state index contributed by atoms with van der Waals surface area (Å²) >= 11 is 1.69. The number of nitrogens with one attached hydrogen (secondary N) is 1. The van der Waals surface area contributed by atoms with E-state index in [4.69, 9.17) is 15.1 Å². The van der Waals surface area contributed by atoms with Crippen LogP contribution in [0.2, 0.25) is 0 Å². The van der Waals surface area contributed by atoms with E-state index in [1.807, 2.05) is 22.5 Å². The molecule has 8 heteroatoms. The highest BCUT2D eigenvalue weighted by atomic mass is 32.1. The van der Waals surface area contributed by atoms with Crippen LogP contribution < -0.4 is 5.32 Å². The van der Waals surface area contributed by atoms with Gasteiger partial charge in [0.05, 0.1) is 10.3 Å². The Labute approximate surface area is 186 Å². The summed E-state index contributed by atoms with van der Waals surface area (Å²) in [7, 11) is 1.98. The van der Waals surface area contributed by atoms with E-state index in [0.717, 1.165) is 32.4 Å².